The Morgan fingerprint density at radius 1 is 1.43 bits per heavy atom. The lowest BCUT2D eigenvalue weighted by atomic mass is 10.1. The normalized spacial score (nSPS) is 24.1. The zero-order valence-corrected chi connectivity index (χ0v) is 15.1. The Balaban J connectivity index is 2.34. The molecule has 2 heterocycles. The Bertz CT molecular complexity index is 593. The van der Waals surface area contributed by atoms with Gasteiger partial charge in [0.15, 0.2) is 0 Å². The molecule has 1 N–H and O–H groups in total. The van der Waals surface area contributed by atoms with Gasteiger partial charge in [-0.1, -0.05) is 20.8 Å². The van der Waals surface area contributed by atoms with Gasteiger partial charge in [-0.2, -0.15) is 4.31 Å². The van der Waals surface area contributed by atoms with E-state index in [2.05, 4.69) is 26.1 Å². The number of aryl methyl sites for hydroxylation is 1. The average Bonchev–Trinajstić information content (AvgIpc) is 2.90. The highest BCUT2D eigenvalue weighted by molar-refractivity contribution is 7.89. The van der Waals surface area contributed by atoms with Crippen LogP contribution in [0.2, 0.25) is 0 Å². The summed E-state index contributed by atoms with van der Waals surface area (Å²) in [5.74, 6) is 0.436. The fourth-order valence-electron chi connectivity index (χ4n) is 2.97. The predicted octanol–water partition coefficient (Wildman–Crippen LogP) is 2.97. The molecule has 0 spiro atoms. The number of nitrogens with one attached hydrogen (secondary N) is 1. The summed E-state index contributed by atoms with van der Waals surface area (Å²) >= 11 is 1.54. The Morgan fingerprint density at radius 3 is 2.62 bits per heavy atom. The zero-order valence-electron chi connectivity index (χ0n) is 13.5. The first-order valence-corrected chi connectivity index (χ1v) is 9.87. The van der Waals surface area contributed by atoms with Gasteiger partial charge in [0, 0.05) is 30.1 Å². The molecule has 0 amide bonds. The summed E-state index contributed by atoms with van der Waals surface area (Å²) in [7, 11) is -3.38. The number of rotatable bonds is 5. The Kier molecular flexibility index (Phi) is 5.13. The van der Waals surface area contributed by atoms with Gasteiger partial charge in [-0.05, 0) is 37.1 Å². The smallest absolute Gasteiger partial charge is 0.244 e. The lowest BCUT2D eigenvalue weighted by Gasteiger charge is -2.22. The molecule has 2 unspecified atom stereocenters. The minimum Gasteiger partial charge on any atom is -0.310 e. The van der Waals surface area contributed by atoms with E-state index in [4.69, 9.17) is 0 Å². The third-order valence-electron chi connectivity index (χ3n) is 3.95. The van der Waals surface area contributed by atoms with E-state index < -0.39 is 10.0 Å². The Hall–Kier alpha value is -0.430. The van der Waals surface area contributed by atoms with Crippen molar-refractivity contribution in [3.63, 3.8) is 0 Å². The van der Waals surface area contributed by atoms with Crippen LogP contribution in [0, 0.1) is 12.8 Å². The van der Waals surface area contributed by atoms with Crippen LogP contribution in [0.5, 0.6) is 0 Å². The molecule has 0 saturated carbocycles. The molecular formula is C15H26N2O2S2. The molecule has 2 atom stereocenters. The van der Waals surface area contributed by atoms with Gasteiger partial charge in [0.1, 0.15) is 4.90 Å². The molecule has 1 aliphatic heterocycles. The third kappa shape index (κ3) is 3.50. The van der Waals surface area contributed by atoms with Crippen molar-refractivity contribution in [3.8, 4) is 0 Å². The van der Waals surface area contributed by atoms with Crippen LogP contribution in [0.1, 0.15) is 44.6 Å². The molecule has 4 nitrogen and oxygen atoms in total. The van der Waals surface area contributed by atoms with Gasteiger partial charge in [0.25, 0.3) is 0 Å². The third-order valence-corrected chi connectivity index (χ3v) is 7.40. The second-order valence-electron chi connectivity index (χ2n) is 6.47. The molecule has 0 aliphatic carbocycles. The first-order chi connectivity index (χ1) is 9.73. The highest BCUT2D eigenvalue weighted by Gasteiger charge is 2.38. The molecule has 1 aromatic rings. The van der Waals surface area contributed by atoms with Crippen molar-refractivity contribution < 1.29 is 8.42 Å². The average molecular weight is 331 g/mol. The van der Waals surface area contributed by atoms with Crippen LogP contribution in [-0.4, -0.2) is 31.4 Å². The van der Waals surface area contributed by atoms with E-state index in [9.17, 15) is 8.42 Å². The quantitative estimate of drug-likeness (QED) is 0.903. The largest absolute Gasteiger partial charge is 0.310 e. The van der Waals surface area contributed by atoms with Crippen molar-refractivity contribution >= 4 is 21.4 Å². The second-order valence-corrected chi connectivity index (χ2v) is 9.26. The minimum atomic E-state index is -3.38. The van der Waals surface area contributed by atoms with Crippen molar-refractivity contribution in [2.45, 2.75) is 64.6 Å². The SMILES string of the molecule is Cc1csc(CNC(C)C)c1S(=O)(=O)N1CC(C)CC1C. The maximum Gasteiger partial charge on any atom is 0.244 e. The number of hydrogen-bond donors (Lipinski definition) is 1. The molecule has 0 radical (unpaired) electrons. The molecule has 6 heteroatoms. The Morgan fingerprint density at radius 2 is 2.10 bits per heavy atom. The number of hydrogen-bond acceptors (Lipinski definition) is 4. The number of thiophene rings is 1. The fraction of sp³-hybridized carbons (Fsp3) is 0.733. The zero-order chi connectivity index (χ0) is 15.8. The highest BCUT2D eigenvalue weighted by atomic mass is 32.2. The van der Waals surface area contributed by atoms with E-state index in [0.717, 1.165) is 16.9 Å². The minimum absolute atomic E-state index is 0.0928. The maximum absolute atomic E-state index is 13.0. The summed E-state index contributed by atoms with van der Waals surface area (Å²) in [6.45, 7) is 11.4. The summed E-state index contributed by atoms with van der Waals surface area (Å²) in [6.07, 6.45) is 0.946. The van der Waals surface area contributed by atoms with Crippen LogP contribution in [0.4, 0.5) is 0 Å². The fourth-order valence-corrected chi connectivity index (χ4v) is 6.44. The van der Waals surface area contributed by atoms with Gasteiger partial charge in [-0.15, -0.1) is 11.3 Å². The van der Waals surface area contributed by atoms with Gasteiger partial charge in [0.05, 0.1) is 0 Å². The molecule has 120 valence electrons. The Labute approximate surface area is 132 Å². The lowest BCUT2D eigenvalue weighted by Crippen LogP contribution is -2.35. The highest BCUT2D eigenvalue weighted by Crippen LogP contribution is 2.34. The van der Waals surface area contributed by atoms with Gasteiger partial charge in [-0.3, -0.25) is 0 Å². The maximum atomic E-state index is 13.0. The molecule has 1 aliphatic rings. The molecule has 2 rings (SSSR count). The molecule has 1 aromatic heterocycles. The monoisotopic (exact) mass is 330 g/mol. The summed E-state index contributed by atoms with van der Waals surface area (Å²) in [4.78, 5) is 1.45. The predicted molar refractivity (Wildman–Crippen MR) is 88.2 cm³/mol. The second kappa shape index (κ2) is 6.36. The lowest BCUT2D eigenvalue weighted by molar-refractivity contribution is 0.404. The number of sulfonamides is 1. The number of nitrogens with zero attached hydrogens (tertiary/aromatic N) is 1. The molecule has 21 heavy (non-hydrogen) atoms. The van der Waals surface area contributed by atoms with E-state index in [1.54, 1.807) is 4.31 Å². The van der Waals surface area contributed by atoms with Crippen LogP contribution in [0.25, 0.3) is 0 Å². The molecule has 0 aromatic carbocycles. The van der Waals surface area contributed by atoms with Crippen molar-refractivity contribution in [1.29, 1.82) is 0 Å². The van der Waals surface area contributed by atoms with E-state index >= 15 is 0 Å². The summed E-state index contributed by atoms with van der Waals surface area (Å²) in [5, 5.41) is 5.28. The van der Waals surface area contributed by atoms with Crippen LogP contribution in [0.3, 0.4) is 0 Å². The first kappa shape index (κ1) is 16.9. The van der Waals surface area contributed by atoms with Gasteiger partial charge in [-0.25, -0.2) is 8.42 Å². The molecule has 1 fully saturated rings. The first-order valence-electron chi connectivity index (χ1n) is 7.55. The van der Waals surface area contributed by atoms with Crippen LogP contribution in [-0.2, 0) is 16.6 Å². The van der Waals surface area contributed by atoms with Crippen molar-refractivity contribution in [3.05, 3.63) is 15.8 Å². The van der Waals surface area contributed by atoms with Crippen LogP contribution in [0.15, 0.2) is 10.3 Å². The van der Waals surface area contributed by atoms with Gasteiger partial charge in [0.2, 0.25) is 10.0 Å². The summed E-state index contributed by atoms with van der Waals surface area (Å²) in [6, 6.07) is 0.434. The van der Waals surface area contributed by atoms with E-state index in [0.29, 0.717) is 29.9 Å². The van der Waals surface area contributed by atoms with Crippen molar-refractivity contribution in [2.24, 2.45) is 5.92 Å². The molecular weight excluding hydrogens is 304 g/mol. The standard InChI is InChI=1S/C15H26N2O2S2/c1-10(2)16-7-14-15(12(4)9-20-14)21(18,19)17-8-11(3)6-13(17)5/h9-11,13,16H,6-8H2,1-5H3. The van der Waals surface area contributed by atoms with Crippen molar-refractivity contribution in [1.82, 2.24) is 9.62 Å². The summed E-state index contributed by atoms with van der Waals surface area (Å²) < 4.78 is 27.8. The van der Waals surface area contributed by atoms with E-state index in [1.165, 1.54) is 11.3 Å². The molecule has 1 saturated heterocycles. The van der Waals surface area contributed by atoms with E-state index in [-0.39, 0.29) is 6.04 Å². The van der Waals surface area contributed by atoms with Crippen LogP contribution < -0.4 is 5.32 Å². The molecule has 0 bridgehead atoms. The van der Waals surface area contributed by atoms with Gasteiger partial charge >= 0.3 is 0 Å². The van der Waals surface area contributed by atoms with E-state index in [1.807, 2.05) is 19.2 Å². The van der Waals surface area contributed by atoms with Crippen molar-refractivity contribution in [2.75, 3.05) is 6.54 Å². The van der Waals surface area contributed by atoms with Gasteiger partial charge < -0.3 is 5.32 Å². The topological polar surface area (TPSA) is 49.4 Å². The van der Waals surface area contributed by atoms with Crippen LogP contribution >= 0.6 is 11.3 Å². The summed E-state index contributed by atoms with van der Waals surface area (Å²) in [5.41, 5.74) is 0.868.